The predicted octanol–water partition coefficient (Wildman–Crippen LogP) is 1.45. The number of amides is 2. The molecule has 0 aromatic heterocycles. The van der Waals surface area contributed by atoms with Crippen molar-refractivity contribution in [1.29, 1.82) is 0 Å². The van der Waals surface area contributed by atoms with Crippen LogP contribution in [0.4, 0.5) is 5.69 Å². The van der Waals surface area contributed by atoms with E-state index in [0.717, 1.165) is 56.2 Å². The zero-order valence-corrected chi connectivity index (χ0v) is 18.1. The largest absolute Gasteiger partial charge is 0.481 e. The highest BCUT2D eigenvalue weighted by Gasteiger charge is 2.32. The van der Waals surface area contributed by atoms with E-state index < -0.39 is 12.0 Å². The molecule has 31 heavy (non-hydrogen) atoms. The predicted molar refractivity (Wildman–Crippen MR) is 117 cm³/mol. The Morgan fingerprint density at radius 3 is 2.45 bits per heavy atom. The minimum Gasteiger partial charge on any atom is -0.481 e. The van der Waals surface area contributed by atoms with E-state index in [4.69, 9.17) is 5.11 Å². The fourth-order valence-corrected chi connectivity index (χ4v) is 5.32. The summed E-state index contributed by atoms with van der Waals surface area (Å²) in [4.78, 5) is 40.3. The van der Waals surface area contributed by atoms with Gasteiger partial charge in [0.15, 0.2) is 0 Å². The van der Waals surface area contributed by atoms with Gasteiger partial charge in [-0.05, 0) is 74.4 Å². The van der Waals surface area contributed by atoms with Crippen LogP contribution in [0.3, 0.4) is 0 Å². The SMILES string of the molecule is CN1c2ccc(C(=O)N3CCC(C4CCNCC4)CC3)cc2CNC(=O)[C@@H]1CC(=O)O. The van der Waals surface area contributed by atoms with Gasteiger partial charge in [0.2, 0.25) is 5.91 Å². The molecule has 1 aromatic carbocycles. The molecule has 0 radical (unpaired) electrons. The highest BCUT2D eigenvalue weighted by molar-refractivity contribution is 5.96. The van der Waals surface area contributed by atoms with Crippen molar-refractivity contribution in [3.8, 4) is 0 Å². The van der Waals surface area contributed by atoms with Crippen LogP contribution in [0.15, 0.2) is 18.2 Å². The summed E-state index contributed by atoms with van der Waals surface area (Å²) in [5, 5.41) is 15.4. The molecule has 2 saturated heterocycles. The smallest absolute Gasteiger partial charge is 0.305 e. The lowest BCUT2D eigenvalue weighted by atomic mass is 9.79. The maximum absolute atomic E-state index is 13.1. The average Bonchev–Trinajstić information content (AvgIpc) is 2.91. The molecule has 0 saturated carbocycles. The van der Waals surface area contributed by atoms with Crippen LogP contribution < -0.4 is 15.5 Å². The second kappa shape index (κ2) is 9.26. The van der Waals surface area contributed by atoms with E-state index in [1.165, 1.54) is 12.8 Å². The molecule has 0 bridgehead atoms. The quantitative estimate of drug-likeness (QED) is 0.671. The standard InChI is InChI=1S/C23H32N4O4/c1-26-19-3-2-17(12-18(19)14-25-22(30)20(26)13-21(28)29)23(31)27-10-6-16(7-11-27)15-4-8-24-9-5-15/h2-3,12,15-16,20,24H,4-11,13-14H2,1H3,(H,25,30)(H,28,29)/t20-/m0/s1. The molecule has 1 atom stereocenters. The molecule has 0 unspecified atom stereocenters. The number of carbonyl (C=O) groups excluding carboxylic acids is 2. The summed E-state index contributed by atoms with van der Waals surface area (Å²) in [6.07, 6.45) is 4.35. The number of likely N-dealkylation sites (tertiary alicyclic amines) is 1. The van der Waals surface area contributed by atoms with Gasteiger partial charge in [-0.1, -0.05) is 0 Å². The maximum Gasteiger partial charge on any atom is 0.305 e. The lowest BCUT2D eigenvalue weighted by molar-refractivity contribution is -0.139. The molecule has 3 heterocycles. The van der Waals surface area contributed by atoms with E-state index in [-0.39, 0.29) is 24.8 Å². The zero-order chi connectivity index (χ0) is 22.0. The van der Waals surface area contributed by atoms with Gasteiger partial charge in [-0.25, -0.2) is 0 Å². The lowest BCUT2D eigenvalue weighted by Crippen LogP contribution is -2.44. The summed E-state index contributed by atoms with van der Waals surface area (Å²) in [7, 11) is 1.73. The van der Waals surface area contributed by atoms with E-state index in [1.54, 1.807) is 18.0 Å². The van der Waals surface area contributed by atoms with Crippen LogP contribution >= 0.6 is 0 Å². The molecule has 2 fully saturated rings. The summed E-state index contributed by atoms with van der Waals surface area (Å²) in [6, 6.07) is 4.70. The zero-order valence-electron chi connectivity index (χ0n) is 18.1. The van der Waals surface area contributed by atoms with Gasteiger partial charge in [-0.15, -0.1) is 0 Å². The van der Waals surface area contributed by atoms with Crippen molar-refractivity contribution in [3.05, 3.63) is 29.3 Å². The van der Waals surface area contributed by atoms with Gasteiger partial charge in [-0.2, -0.15) is 0 Å². The van der Waals surface area contributed by atoms with Crippen LogP contribution in [0.2, 0.25) is 0 Å². The highest BCUT2D eigenvalue weighted by atomic mass is 16.4. The molecule has 0 aliphatic carbocycles. The molecule has 8 heteroatoms. The third-order valence-corrected chi connectivity index (χ3v) is 7.17. The van der Waals surface area contributed by atoms with Crippen LogP contribution in [-0.4, -0.2) is 67.1 Å². The third kappa shape index (κ3) is 4.69. The molecule has 8 nitrogen and oxygen atoms in total. The molecule has 3 N–H and O–H groups in total. The molecule has 4 rings (SSSR count). The Balaban J connectivity index is 1.43. The minimum absolute atomic E-state index is 0.0341. The Morgan fingerprint density at radius 2 is 1.77 bits per heavy atom. The van der Waals surface area contributed by atoms with Crippen molar-refractivity contribution in [2.45, 2.75) is 44.7 Å². The Morgan fingerprint density at radius 1 is 1.10 bits per heavy atom. The number of aliphatic carboxylic acids is 1. The second-order valence-electron chi connectivity index (χ2n) is 9.00. The van der Waals surface area contributed by atoms with E-state index >= 15 is 0 Å². The van der Waals surface area contributed by atoms with Crippen molar-refractivity contribution in [2.24, 2.45) is 11.8 Å². The number of hydrogen-bond donors (Lipinski definition) is 3. The van der Waals surface area contributed by atoms with Crippen molar-refractivity contribution in [2.75, 3.05) is 38.1 Å². The second-order valence-corrected chi connectivity index (χ2v) is 9.00. The normalized spacial score (nSPS) is 23.1. The van der Waals surface area contributed by atoms with Gasteiger partial charge >= 0.3 is 5.97 Å². The number of fused-ring (bicyclic) bond motifs is 1. The number of nitrogens with zero attached hydrogens (tertiary/aromatic N) is 2. The molecular weight excluding hydrogens is 396 g/mol. The molecular formula is C23H32N4O4. The molecule has 3 aliphatic heterocycles. The number of carboxylic acids is 1. The van der Waals surface area contributed by atoms with E-state index in [0.29, 0.717) is 11.5 Å². The number of hydrogen-bond acceptors (Lipinski definition) is 5. The van der Waals surface area contributed by atoms with Crippen LogP contribution in [-0.2, 0) is 16.1 Å². The monoisotopic (exact) mass is 428 g/mol. The number of piperidine rings is 2. The van der Waals surface area contributed by atoms with Gasteiger partial charge in [0, 0.05) is 37.9 Å². The molecule has 2 amide bonds. The lowest BCUT2D eigenvalue weighted by Gasteiger charge is -2.38. The number of benzene rings is 1. The van der Waals surface area contributed by atoms with Crippen LogP contribution in [0, 0.1) is 11.8 Å². The van der Waals surface area contributed by atoms with E-state index in [9.17, 15) is 14.4 Å². The first-order valence-electron chi connectivity index (χ1n) is 11.3. The molecule has 168 valence electrons. The van der Waals surface area contributed by atoms with Crippen molar-refractivity contribution in [1.82, 2.24) is 15.5 Å². The molecule has 0 spiro atoms. The number of anilines is 1. The summed E-state index contributed by atoms with van der Waals surface area (Å²) in [5.74, 6) is 0.202. The summed E-state index contributed by atoms with van der Waals surface area (Å²) in [5.41, 5.74) is 2.24. The molecule has 3 aliphatic rings. The Labute approximate surface area is 183 Å². The van der Waals surface area contributed by atoms with Crippen molar-refractivity contribution < 1.29 is 19.5 Å². The number of carbonyl (C=O) groups is 3. The first kappa shape index (κ1) is 21.6. The topological polar surface area (TPSA) is 102 Å². The van der Waals surface area contributed by atoms with Gasteiger partial charge < -0.3 is 25.5 Å². The average molecular weight is 429 g/mol. The minimum atomic E-state index is -1.02. The maximum atomic E-state index is 13.1. The Kier molecular flexibility index (Phi) is 6.46. The summed E-state index contributed by atoms with van der Waals surface area (Å²) in [6.45, 7) is 4.09. The fraction of sp³-hybridized carbons (Fsp3) is 0.609. The summed E-state index contributed by atoms with van der Waals surface area (Å²) < 4.78 is 0. The first-order chi connectivity index (χ1) is 14.9. The van der Waals surface area contributed by atoms with Crippen LogP contribution in [0.25, 0.3) is 0 Å². The first-order valence-corrected chi connectivity index (χ1v) is 11.3. The molecule has 1 aromatic rings. The Bertz CT molecular complexity index is 844. The number of nitrogens with one attached hydrogen (secondary N) is 2. The van der Waals surface area contributed by atoms with Gasteiger partial charge in [0.25, 0.3) is 5.91 Å². The fourth-order valence-electron chi connectivity index (χ4n) is 5.32. The van der Waals surface area contributed by atoms with E-state index in [1.807, 2.05) is 17.0 Å². The Hall–Kier alpha value is -2.61. The van der Waals surface area contributed by atoms with Crippen molar-refractivity contribution >= 4 is 23.5 Å². The number of carboxylic acid groups (broad SMARTS) is 1. The number of rotatable bonds is 4. The summed E-state index contributed by atoms with van der Waals surface area (Å²) >= 11 is 0. The highest BCUT2D eigenvalue weighted by Crippen LogP contribution is 2.32. The third-order valence-electron chi connectivity index (χ3n) is 7.17. The van der Waals surface area contributed by atoms with Crippen LogP contribution in [0.1, 0.15) is 48.0 Å². The van der Waals surface area contributed by atoms with E-state index in [2.05, 4.69) is 10.6 Å². The van der Waals surface area contributed by atoms with Gasteiger partial charge in [0.05, 0.1) is 6.42 Å². The van der Waals surface area contributed by atoms with Crippen LogP contribution in [0.5, 0.6) is 0 Å². The van der Waals surface area contributed by atoms with Gasteiger partial charge in [-0.3, -0.25) is 14.4 Å². The van der Waals surface area contributed by atoms with Gasteiger partial charge in [0.1, 0.15) is 6.04 Å². The van der Waals surface area contributed by atoms with Crippen molar-refractivity contribution in [3.63, 3.8) is 0 Å². The number of likely N-dealkylation sites (N-methyl/N-ethyl adjacent to an activating group) is 1.